The second-order valence-corrected chi connectivity index (χ2v) is 5.21. The Balaban J connectivity index is 1.82. The molecule has 5 heteroatoms. The highest BCUT2D eigenvalue weighted by Gasteiger charge is 2.14. The van der Waals surface area contributed by atoms with E-state index < -0.39 is 0 Å². The third-order valence-corrected chi connectivity index (χ3v) is 3.66. The zero-order valence-electron chi connectivity index (χ0n) is 11.9. The predicted octanol–water partition coefficient (Wildman–Crippen LogP) is 1.97. The molecule has 1 aromatic rings. The van der Waals surface area contributed by atoms with Gasteiger partial charge in [-0.05, 0) is 56.4 Å². The summed E-state index contributed by atoms with van der Waals surface area (Å²) in [6, 6.07) is 5.45. The second-order valence-electron chi connectivity index (χ2n) is 5.21. The smallest absolute Gasteiger partial charge is 0.251 e. The van der Waals surface area contributed by atoms with Gasteiger partial charge in [0.2, 0.25) is 0 Å². The molecule has 1 aliphatic heterocycles. The number of carbonyl (C=O) groups is 1. The Labute approximate surface area is 119 Å². The van der Waals surface area contributed by atoms with Gasteiger partial charge in [-0.2, -0.15) is 0 Å². The molecule has 1 saturated heterocycles. The molecule has 0 aliphatic carbocycles. The van der Waals surface area contributed by atoms with Crippen molar-refractivity contribution < 1.29 is 9.53 Å². The van der Waals surface area contributed by atoms with Gasteiger partial charge in [-0.1, -0.05) is 0 Å². The number of nitrogens with one attached hydrogen (secondary N) is 2. The van der Waals surface area contributed by atoms with Crippen molar-refractivity contribution in [1.82, 2.24) is 5.32 Å². The van der Waals surface area contributed by atoms with Gasteiger partial charge < -0.3 is 15.5 Å². The predicted molar refractivity (Wildman–Crippen MR) is 79.5 cm³/mol. The number of carbonyl (C=O) groups excluding carboxylic acids is 1. The van der Waals surface area contributed by atoms with E-state index in [0.717, 1.165) is 37.1 Å². The Hall–Kier alpha value is -1.59. The number of rotatable bonds is 5. The van der Waals surface area contributed by atoms with Gasteiger partial charge in [0.15, 0.2) is 0 Å². The summed E-state index contributed by atoms with van der Waals surface area (Å²) in [7, 11) is 0. The molecule has 1 aromatic carbocycles. The highest BCUT2D eigenvalue weighted by molar-refractivity contribution is 5.96. The SMILES string of the molecule is Cc1cc(NN)ccc1C(=O)NCCC1CCCCO1. The lowest BCUT2D eigenvalue weighted by Gasteiger charge is -2.22. The van der Waals surface area contributed by atoms with Gasteiger partial charge in [0.05, 0.1) is 6.10 Å². The molecule has 1 amide bonds. The number of hydrogen-bond acceptors (Lipinski definition) is 4. The molecular weight excluding hydrogens is 254 g/mol. The molecule has 1 aliphatic rings. The van der Waals surface area contributed by atoms with E-state index in [2.05, 4.69) is 10.7 Å². The molecular formula is C15H23N3O2. The summed E-state index contributed by atoms with van der Waals surface area (Å²) in [5.41, 5.74) is 4.97. The molecule has 4 N–H and O–H groups in total. The Morgan fingerprint density at radius 2 is 2.30 bits per heavy atom. The van der Waals surface area contributed by atoms with E-state index in [0.29, 0.717) is 18.2 Å². The highest BCUT2D eigenvalue weighted by atomic mass is 16.5. The Bertz CT molecular complexity index is 456. The normalized spacial score (nSPS) is 18.6. The van der Waals surface area contributed by atoms with Gasteiger partial charge in [0.25, 0.3) is 5.91 Å². The van der Waals surface area contributed by atoms with Crippen LogP contribution < -0.4 is 16.6 Å². The Morgan fingerprint density at radius 3 is 2.95 bits per heavy atom. The first-order valence-electron chi connectivity index (χ1n) is 7.18. The van der Waals surface area contributed by atoms with Crippen LogP contribution in [-0.4, -0.2) is 25.2 Å². The lowest BCUT2D eigenvalue weighted by molar-refractivity contribution is 0.0117. The first-order valence-corrected chi connectivity index (χ1v) is 7.18. The molecule has 0 spiro atoms. The van der Waals surface area contributed by atoms with E-state index in [1.807, 2.05) is 13.0 Å². The number of hydrogen-bond donors (Lipinski definition) is 3. The molecule has 5 nitrogen and oxygen atoms in total. The number of amides is 1. The van der Waals surface area contributed by atoms with E-state index in [4.69, 9.17) is 10.6 Å². The Kier molecular flexibility index (Phi) is 5.38. The zero-order chi connectivity index (χ0) is 14.4. The third-order valence-electron chi connectivity index (χ3n) is 3.66. The molecule has 1 atom stereocenters. The molecule has 0 bridgehead atoms. The van der Waals surface area contributed by atoms with E-state index in [1.165, 1.54) is 6.42 Å². The van der Waals surface area contributed by atoms with Crippen LogP contribution >= 0.6 is 0 Å². The van der Waals surface area contributed by atoms with Gasteiger partial charge in [-0.3, -0.25) is 10.6 Å². The van der Waals surface area contributed by atoms with Gasteiger partial charge >= 0.3 is 0 Å². The summed E-state index contributed by atoms with van der Waals surface area (Å²) in [5, 5.41) is 2.95. The van der Waals surface area contributed by atoms with Crippen LogP contribution in [0.3, 0.4) is 0 Å². The van der Waals surface area contributed by atoms with Crippen molar-refractivity contribution >= 4 is 11.6 Å². The summed E-state index contributed by atoms with van der Waals surface area (Å²) in [6.45, 7) is 3.41. The van der Waals surface area contributed by atoms with Gasteiger partial charge in [0.1, 0.15) is 0 Å². The van der Waals surface area contributed by atoms with Crippen molar-refractivity contribution in [1.29, 1.82) is 0 Å². The van der Waals surface area contributed by atoms with Crippen LogP contribution in [0, 0.1) is 6.92 Å². The van der Waals surface area contributed by atoms with Crippen LogP contribution in [-0.2, 0) is 4.74 Å². The van der Waals surface area contributed by atoms with Crippen molar-refractivity contribution in [2.75, 3.05) is 18.6 Å². The summed E-state index contributed by atoms with van der Waals surface area (Å²) in [4.78, 5) is 12.1. The van der Waals surface area contributed by atoms with E-state index in [-0.39, 0.29) is 5.91 Å². The van der Waals surface area contributed by atoms with Crippen molar-refractivity contribution in [3.8, 4) is 0 Å². The molecule has 0 radical (unpaired) electrons. The van der Waals surface area contributed by atoms with Crippen molar-refractivity contribution in [2.45, 2.75) is 38.7 Å². The summed E-state index contributed by atoms with van der Waals surface area (Å²) in [5.74, 6) is 5.30. The quantitative estimate of drug-likeness (QED) is 0.568. The van der Waals surface area contributed by atoms with Gasteiger partial charge in [-0.15, -0.1) is 0 Å². The average Bonchev–Trinajstić information content (AvgIpc) is 2.48. The molecule has 2 rings (SSSR count). The molecule has 110 valence electrons. The fraction of sp³-hybridized carbons (Fsp3) is 0.533. The maximum absolute atomic E-state index is 12.1. The number of nitrogen functional groups attached to an aromatic ring is 1. The molecule has 20 heavy (non-hydrogen) atoms. The molecule has 1 heterocycles. The van der Waals surface area contributed by atoms with Crippen LogP contribution in [0.15, 0.2) is 18.2 Å². The lowest BCUT2D eigenvalue weighted by Crippen LogP contribution is -2.29. The topological polar surface area (TPSA) is 76.4 Å². The molecule has 0 aromatic heterocycles. The van der Waals surface area contributed by atoms with E-state index >= 15 is 0 Å². The lowest BCUT2D eigenvalue weighted by atomic mass is 10.1. The molecule has 1 unspecified atom stereocenters. The van der Waals surface area contributed by atoms with Crippen LogP contribution in [0.4, 0.5) is 5.69 Å². The minimum Gasteiger partial charge on any atom is -0.378 e. The Morgan fingerprint density at radius 1 is 1.45 bits per heavy atom. The maximum atomic E-state index is 12.1. The minimum absolute atomic E-state index is 0.0399. The monoisotopic (exact) mass is 277 g/mol. The largest absolute Gasteiger partial charge is 0.378 e. The number of ether oxygens (including phenoxy) is 1. The average molecular weight is 277 g/mol. The summed E-state index contributed by atoms with van der Waals surface area (Å²) < 4.78 is 5.65. The first-order chi connectivity index (χ1) is 9.70. The fourth-order valence-corrected chi connectivity index (χ4v) is 2.49. The van der Waals surface area contributed by atoms with Gasteiger partial charge in [0, 0.05) is 24.4 Å². The van der Waals surface area contributed by atoms with E-state index in [1.54, 1.807) is 12.1 Å². The van der Waals surface area contributed by atoms with Crippen LogP contribution in [0.25, 0.3) is 0 Å². The van der Waals surface area contributed by atoms with Crippen LogP contribution in [0.1, 0.15) is 41.6 Å². The maximum Gasteiger partial charge on any atom is 0.251 e. The van der Waals surface area contributed by atoms with Crippen molar-refractivity contribution in [3.05, 3.63) is 29.3 Å². The van der Waals surface area contributed by atoms with E-state index in [9.17, 15) is 4.79 Å². The minimum atomic E-state index is -0.0399. The van der Waals surface area contributed by atoms with Crippen molar-refractivity contribution in [3.63, 3.8) is 0 Å². The zero-order valence-corrected chi connectivity index (χ0v) is 11.9. The van der Waals surface area contributed by atoms with Gasteiger partial charge in [-0.25, -0.2) is 0 Å². The number of benzene rings is 1. The first kappa shape index (κ1) is 14.8. The van der Waals surface area contributed by atoms with Crippen LogP contribution in [0.2, 0.25) is 0 Å². The number of aryl methyl sites for hydroxylation is 1. The third kappa shape index (κ3) is 3.95. The van der Waals surface area contributed by atoms with Crippen molar-refractivity contribution in [2.24, 2.45) is 5.84 Å². The fourth-order valence-electron chi connectivity index (χ4n) is 2.49. The summed E-state index contributed by atoms with van der Waals surface area (Å²) in [6.07, 6.45) is 4.67. The standard InChI is InChI=1S/C15H23N3O2/c1-11-10-12(18-16)5-6-14(11)15(19)17-8-7-13-4-2-3-9-20-13/h5-6,10,13,18H,2-4,7-9,16H2,1H3,(H,17,19). The second kappa shape index (κ2) is 7.26. The number of hydrazine groups is 1. The van der Waals surface area contributed by atoms with Crippen LogP contribution in [0.5, 0.6) is 0 Å². The highest BCUT2D eigenvalue weighted by Crippen LogP contribution is 2.16. The number of nitrogens with two attached hydrogens (primary N) is 1. The number of anilines is 1. The summed E-state index contributed by atoms with van der Waals surface area (Å²) >= 11 is 0. The molecule has 1 fully saturated rings. The molecule has 0 saturated carbocycles.